The Hall–Kier alpha value is -0.540. The highest BCUT2D eigenvalue weighted by Crippen LogP contribution is 2.51. The summed E-state index contributed by atoms with van der Waals surface area (Å²) in [4.78, 5) is 0. The molecule has 1 aromatic carbocycles. The third kappa shape index (κ3) is 8.19. The molecule has 0 N–H and O–H groups in total. The van der Waals surface area contributed by atoms with E-state index in [4.69, 9.17) is 9.05 Å². The first kappa shape index (κ1) is 19.5. The second kappa shape index (κ2) is 9.57. The second-order valence-electron chi connectivity index (χ2n) is 5.81. The molecule has 0 fully saturated rings. The maximum absolute atomic E-state index is 12.8. The molecule has 5 heteroatoms. The van der Waals surface area contributed by atoms with Gasteiger partial charge in [-0.05, 0) is 39.3 Å². The van der Waals surface area contributed by atoms with Crippen LogP contribution in [0.5, 0.6) is 0 Å². The highest BCUT2D eigenvalue weighted by Gasteiger charge is 2.34. The van der Waals surface area contributed by atoms with Gasteiger partial charge >= 0.3 is 7.60 Å². The van der Waals surface area contributed by atoms with E-state index in [2.05, 4.69) is 30.5 Å². The van der Waals surface area contributed by atoms with Crippen LogP contribution >= 0.6 is 7.60 Å². The van der Waals surface area contributed by atoms with Gasteiger partial charge in [0.05, 0.1) is 18.5 Å². The van der Waals surface area contributed by atoms with Crippen molar-refractivity contribution in [2.45, 2.75) is 39.9 Å². The van der Waals surface area contributed by atoms with E-state index < -0.39 is 7.60 Å². The molecule has 0 radical (unpaired) electrons. The predicted octanol–water partition coefficient (Wildman–Crippen LogP) is 4.95. The van der Waals surface area contributed by atoms with Crippen molar-refractivity contribution >= 4 is 24.6 Å². The van der Waals surface area contributed by atoms with Gasteiger partial charge in [-0.2, -0.15) is 0 Å². The topological polar surface area (TPSA) is 35.5 Å². The highest BCUT2D eigenvalue weighted by atomic mass is 32.2. The molecule has 1 atom stereocenters. The largest absolute Gasteiger partial charge is 0.379 e. The quantitative estimate of drug-likeness (QED) is 0.470. The van der Waals surface area contributed by atoms with Gasteiger partial charge in [-0.25, -0.2) is 0 Å². The Morgan fingerprint density at radius 3 is 2.14 bits per heavy atom. The molecule has 0 aliphatic carbocycles. The lowest BCUT2D eigenvalue weighted by molar-refractivity contribution is 0.145. The van der Waals surface area contributed by atoms with Crippen molar-refractivity contribution in [2.24, 2.45) is 0 Å². The number of rotatable bonds is 9. The summed E-state index contributed by atoms with van der Waals surface area (Å²) in [6.07, 6.45) is 6.15. The van der Waals surface area contributed by atoms with E-state index >= 15 is 0 Å². The SMILES string of the molecule is CC(C)OP(=O)(C[S+](C)C/C=C/c1ccccc1)OC(C)C. The second-order valence-corrected chi connectivity index (χ2v) is 10.4. The van der Waals surface area contributed by atoms with Gasteiger partial charge in [0.25, 0.3) is 0 Å². The molecule has 1 unspecified atom stereocenters. The summed E-state index contributed by atoms with van der Waals surface area (Å²) in [5, 5.41) is 0. The van der Waals surface area contributed by atoms with Gasteiger partial charge < -0.3 is 9.05 Å². The average Bonchev–Trinajstić information content (AvgIpc) is 2.37. The average molecular weight is 343 g/mol. The van der Waals surface area contributed by atoms with Crippen molar-refractivity contribution < 1.29 is 13.6 Å². The fourth-order valence-corrected chi connectivity index (χ4v) is 6.79. The van der Waals surface area contributed by atoms with Crippen LogP contribution < -0.4 is 0 Å². The van der Waals surface area contributed by atoms with E-state index in [1.807, 2.05) is 45.9 Å². The standard InChI is InChI=1S/C17H28O3PS/c1-15(2)19-21(18,20-16(3)4)14-22(5)13-9-12-17-10-7-6-8-11-17/h6-12,15-16H,13-14H2,1-5H3/q+1/b12-9+. The number of hydrogen-bond donors (Lipinski definition) is 0. The summed E-state index contributed by atoms with van der Waals surface area (Å²) < 4.78 is 24.0. The Balaban J connectivity index is 2.57. The third-order valence-corrected chi connectivity index (χ3v) is 7.89. The minimum absolute atomic E-state index is 0.0459. The Morgan fingerprint density at radius 2 is 1.64 bits per heavy atom. The molecule has 0 heterocycles. The summed E-state index contributed by atoms with van der Waals surface area (Å²) in [7, 11) is -3.07. The van der Waals surface area contributed by atoms with Crippen LogP contribution in [0.3, 0.4) is 0 Å². The summed E-state index contributed by atoms with van der Waals surface area (Å²) in [5.74, 6) is 0.877. The van der Waals surface area contributed by atoms with Gasteiger partial charge in [-0.1, -0.05) is 36.4 Å². The molecule has 0 saturated heterocycles. The van der Waals surface area contributed by atoms with Gasteiger partial charge in [-0.3, -0.25) is 4.57 Å². The van der Waals surface area contributed by atoms with Gasteiger partial charge in [0.15, 0.2) is 0 Å². The molecule has 1 aromatic rings. The summed E-state index contributed by atoms with van der Waals surface area (Å²) >= 11 is 0. The molecular weight excluding hydrogens is 315 g/mol. The minimum atomic E-state index is -3.02. The molecule has 1 rings (SSSR count). The van der Waals surface area contributed by atoms with Crippen LogP contribution in [0.15, 0.2) is 36.4 Å². The smallest absolute Gasteiger partial charge is 0.303 e. The zero-order valence-electron chi connectivity index (χ0n) is 14.2. The van der Waals surface area contributed by atoms with E-state index in [1.165, 1.54) is 5.56 Å². The van der Waals surface area contributed by atoms with Crippen LogP contribution in [0.4, 0.5) is 0 Å². The Morgan fingerprint density at radius 1 is 1.09 bits per heavy atom. The number of hydrogen-bond acceptors (Lipinski definition) is 3. The van der Waals surface area contributed by atoms with Crippen LogP contribution in [0.2, 0.25) is 0 Å². The lowest BCUT2D eigenvalue weighted by Crippen LogP contribution is -2.16. The van der Waals surface area contributed by atoms with Crippen LogP contribution in [-0.2, 0) is 24.5 Å². The first-order chi connectivity index (χ1) is 10.3. The molecule has 0 aromatic heterocycles. The van der Waals surface area contributed by atoms with Crippen LogP contribution in [-0.4, -0.2) is 29.7 Å². The monoisotopic (exact) mass is 343 g/mol. The Kier molecular flexibility index (Phi) is 8.48. The summed E-state index contributed by atoms with van der Waals surface area (Å²) in [5.41, 5.74) is 1.65. The summed E-state index contributed by atoms with van der Waals surface area (Å²) in [6, 6.07) is 10.2. The van der Waals surface area contributed by atoms with E-state index in [9.17, 15) is 4.57 Å². The fourth-order valence-electron chi connectivity index (χ4n) is 1.96. The van der Waals surface area contributed by atoms with E-state index in [-0.39, 0.29) is 23.1 Å². The van der Waals surface area contributed by atoms with Gasteiger partial charge in [0, 0.05) is 10.9 Å². The molecule has 0 spiro atoms. The molecule has 0 aliphatic heterocycles. The van der Waals surface area contributed by atoms with Crippen molar-refractivity contribution in [1.82, 2.24) is 0 Å². The molecule has 22 heavy (non-hydrogen) atoms. The minimum Gasteiger partial charge on any atom is -0.303 e. The Labute approximate surface area is 138 Å². The van der Waals surface area contributed by atoms with Crippen LogP contribution in [0.1, 0.15) is 33.3 Å². The lowest BCUT2D eigenvalue weighted by atomic mass is 10.2. The molecule has 3 nitrogen and oxygen atoms in total. The molecule has 0 aliphatic rings. The van der Waals surface area contributed by atoms with Crippen molar-refractivity contribution in [1.29, 1.82) is 0 Å². The molecule has 0 amide bonds. The van der Waals surface area contributed by atoms with E-state index in [1.54, 1.807) is 0 Å². The van der Waals surface area contributed by atoms with Crippen LogP contribution in [0, 0.1) is 0 Å². The predicted molar refractivity (Wildman–Crippen MR) is 98.5 cm³/mol. The van der Waals surface area contributed by atoms with Crippen molar-refractivity contribution in [3.63, 3.8) is 0 Å². The Bertz CT molecular complexity index is 486. The van der Waals surface area contributed by atoms with E-state index in [0.29, 0.717) is 5.49 Å². The highest BCUT2D eigenvalue weighted by molar-refractivity contribution is 8.01. The first-order valence-corrected chi connectivity index (χ1v) is 11.3. The van der Waals surface area contributed by atoms with Crippen molar-refractivity contribution in [3.05, 3.63) is 42.0 Å². The first-order valence-electron chi connectivity index (χ1n) is 7.57. The molecule has 0 saturated carbocycles. The normalized spacial score (nSPS) is 14.1. The maximum Gasteiger partial charge on any atom is 0.379 e. The third-order valence-electron chi connectivity index (χ3n) is 2.61. The van der Waals surface area contributed by atoms with Gasteiger partial charge in [0.1, 0.15) is 5.75 Å². The zero-order chi connectivity index (χ0) is 16.6. The molecule has 0 bridgehead atoms. The van der Waals surface area contributed by atoms with Gasteiger partial charge in [0.2, 0.25) is 5.49 Å². The van der Waals surface area contributed by atoms with Crippen molar-refractivity contribution in [3.8, 4) is 0 Å². The lowest BCUT2D eigenvalue weighted by Gasteiger charge is -2.21. The maximum atomic E-state index is 12.8. The molecule has 124 valence electrons. The molecular formula is C17H28O3PS+. The fraction of sp³-hybridized carbons (Fsp3) is 0.529. The number of benzene rings is 1. The van der Waals surface area contributed by atoms with E-state index in [0.717, 1.165) is 5.75 Å². The van der Waals surface area contributed by atoms with Crippen molar-refractivity contribution in [2.75, 3.05) is 17.5 Å². The summed E-state index contributed by atoms with van der Waals surface area (Å²) in [6.45, 7) is 7.55. The van der Waals surface area contributed by atoms with Crippen LogP contribution in [0.25, 0.3) is 6.08 Å². The van der Waals surface area contributed by atoms with Gasteiger partial charge in [-0.15, -0.1) is 0 Å². The zero-order valence-corrected chi connectivity index (χ0v) is 15.9.